The van der Waals surface area contributed by atoms with Crippen molar-refractivity contribution in [1.82, 2.24) is 4.98 Å². The van der Waals surface area contributed by atoms with E-state index in [2.05, 4.69) is 4.98 Å². The van der Waals surface area contributed by atoms with E-state index in [4.69, 9.17) is 4.74 Å². The molecule has 0 amide bonds. The van der Waals surface area contributed by atoms with Crippen LogP contribution in [-0.2, 0) is 4.74 Å². The van der Waals surface area contributed by atoms with Gasteiger partial charge in [0.05, 0.1) is 12.3 Å². The fourth-order valence-corrected chi connectivity index (χ4v) is 3.15. The van der Waals surface area contributed by atoms with Gasteiger partial charge in [-0.1, -0.05) is 30.3 Å². The Morgan fingerprint density at radius 1 is 1.09 bits per heavy atom. The summed E-state index contributed by atoms with van der Waals surface area (Å²) < 4.78 is 18.3. The molecule has 0 radical (unpaired) electrons. The first-order chi connectivity index (χ1) is 11.2. The number of thiazole rings is 1. The van der Waals surface area contributed by atoms with E-state index < -0.39 is 5.97 Å². The largest absolute Gasteiger partial charge is 0.462 e. The van der Waals surface area contributed by atoms with Crippen molar-refractivity contribution in [2.24, 2.45) is 0 Å². The van der Waals surface area contributed by atoms with Crippen molar-refractivity contribution in [2.75, 3.05) is 6.61 Å². The van der Waals surface area contributed by atoms with E-state index in [-0.39, 0.29) is 5.82 Å². The quantitative estimate of drug-likeness (QED) is 0.647. The average Bonchev–Trinajstić information content (AvgIpc) is 3.02. The number of ether oxygens (including phenoxy) is 1. The van der Waals surface area contributed by atoms with Crippen molar-refractivity contribution in [3.63, 3.8) is 0 Å². The van der Waals surface area contributed by atoms with Crippen molar-refractivity contribution in [1.29, 1.82) is 0 Å². The Morgan fingerprint density at radius 2 is 1.78 bits per heavy atom. The average molecular weight is 327 g/mol. The van der Waals surface area contributed by atoms with Crippen molar-refractivity contribution in [2.45, 2.75) is 6.92 Å². The Bertz CT molecular complexity index is 813. The summed E-state index contributed by atoms with van der Waals surface area (Å²) in [6, 6.07) is 15.5. The predicted molar refractivity (Wildman–Crippen MR) is 88.9 cm³/mol. The molecule has 0 aliphatic rings. The van der Waals surface area contributed by atoms with Gasteiger partial charge in [0.1, 0.15) is 15.7 Å². The van der Waals surface area contributed by atoms with Crippen LogP contribution in [-0.4, -0.2) is 17.6 Å². The van der Waals surface area contributed by atoms with Crippen molar-refractivity contribution in [3.05, 3.63) is 65.3 Å². The van der Waals surface area contributed by atoms with Gasteiger partial charge < -0.3 is 4.74 Å². The van der Waals surface area contributed by atoms with Gasteiger partial charge >= 0.3 is 5.97 Å². The first-order valence-electron chi connectivity index (χ1n) is 7.18. The van der Waals surface area contributed by atoms with E-state index in [1.807, 2.05) is 30.3 Å². The molecule has 3 nitrogen and oxygen atoms in total. The fraction of sp³-hybridized carbons (Fsp3) is 0.111. The summed E-state index contributed by atoms with van der Waals surface area (Å²) >= 11 is 1.28. The smallest absolute Gasteiger partial charge is 0.350 e. The molecule has 0 unspecified atom stereocenters. The topological polar surface area (TPSA) is 39.2 Å². The molecule has 3 rings (SSSR count). The molecule has 0 saturated heterocycles. The first-order valence-corrected chi connectivity index (χ1v) is 8.00. The molecule has 116 valence electrons. The van der Waals surface area contributed by atoms with Gasteiger partial charge in [0.25, 0.3) is 0 Å². The lowest BCUT2D eigenvalue weighted by Gasteiger charge is -2.02. The Labute approximate surface area is 137 Å². The summed E-state index contributed by atoms with van der Waals surface area (Å²) in [4.78, 5) is 17.2. The molecule has 5 heteroatoms. The van der Waals surface area contributed by atoms with Crippen LogP contribution in [0.4, 0.5) is 4.39 Å². The second-order valence-electron chi connectivity index (χ2n) is 4.79. The van der Waals surface area contributed by atoms with Crippen LogP contribution in [0.1, 0.15) is 16.6 Å². The Kier molecular flexibility index (Phi) is 4.48. The summed E-state index contributed by atoms with van der Waals surface area (Å²) in [5.41, 5.74) is 2.14. The summed E-state index contributed by atoms with van der Waals surface area (Å²) in [7, 11) is 0. The molecule has 1 heterocycles. The lowest BCUT2D eigenvalue weighted by molar-refractivity contribution is 0.0532. The highest BCUT2D eigenvalue weighted by Crippen LogP contribution is 2.34. The van der Waals surface area contributed by atoms with Crippen LogP contribution in [0.15, 0.2) is 54.6 Å². The van der Waals surface area contributed by atoms with Gasteiger partial charge in [-0.2, -0.15) is 0 Å². The maximum absolute atomic E-state index is 13.1. The highest BCUT2D eigenvalue weighted by Gasteiger charge is 2.21. The minimum Gasteiger partial charge on any atom is -0.462 e. The number of hydrogen-bond acceptors (Lipinski definition) is 4. The third-order valence-corrected chi connectivity index (χ3v) is 4.31. The monoisotopic (exact) mass is 327 g/mol. The van der Waals surface area contributed by atoms with E-state index in [0.29, 0.717) is 22.7 Å². The first kappa shape index (κ1) is 15.4. The summed E-state index contributed by atoms with van der Waals surface area (Å²) in [5, 5.41) is 0.730. The molecule has 0 aliphatic carbocycles. The number of rotatable bonds is 4. The highest BCUT2D eigenvalue weighted by atomic mass is 32.1. The van der Waals surface area contributed by atoms with Gasteiger partial charge in [0.15, 0.2) is 0 Å². The molecular weight excluding hydrogens is 313 g/mol. The Morgan fingerprint density at radius 3 is 2.43 bits per heavy atom. The van der Waals surface area contributed by atoms with E-state index in [9.17, 15) is 9.18 Å². The van der Waals surface area contributed by atoms with E-state index in [1.165, 1.54) is 23.5 Å². The summed E-state index contributed by atoms with van der Waals surface area (Å²) in [6.07, 6.45) is 0. The maximum Gasteiger partial charge on any atom is 0.350 e. The standard InChI is InChI=1S/C18H14FNO2S/c1-2-22-18(21)16-15(12-8-10-14(19)11-9-12)20-17(23-16)13-6-4-3-5-7-13/h3-11H,2H2,1H3. The third kappa shape index (κ3) is 3.29. The molecule has 2 aromatic carbocycles. The number of aromatic nitrogens is 1. The molecule has 0 aliphatic heterocycles. The van der Waals surface area contributed by atoms with Gasteiger partial charge in [-0.3, -0.25) is 0 Å². The number of halogens is 1. The predicted octanol–water partition coefficient (Wildman–Crippen LogP) is 4.79. The zero-order chi connectivity index (χ0) is 16.2. The molecule has 0 N–H and O–H groups in total. The molecule has 23 heavy (non-hydrogen) atoms. The van der Waals surface area contributed by atoms with Gasteiger partial charge in [-0.05, 0) is 31.2 Å². The van der Waals surface area contributed by atoms with Crippen molar-refractivity contribution < 1.29 is 13.9 Å². The summed E-state index contributed by atoms with van der Waals surface area (Å²) in [6.45, 7) is 2.05. The maximum atomic E-state index is 13.1. The lowest BCUT2D eigenvalue weighted by Crippen LogP contribution is -2.03. The van der Waals surface area contributed by atoms with Crippen LogP contribution in [0.5, 0.6) is 0 Å². The molecule has 0 saturated carbocycles. The van der Waals surface area contributed by atoms with Crippen LogP contribution >= 0.6 is 11.3 Å². The molecule has 0 atom stereocenters. The molecule has 3 aromatic rings. The molecule has 0 spiro atoms. The van der Waals surface area contributed by atoms with Crippen LogP contribution < -0.4 is 0 Å². The second-order valence-corrected chi connectivity index (χ2v) is 5.79. The number of carbonyl (C=O) groups is 1. The highest BCUT2D eigenvalue weighted by molar-refractivity contribution is 7.17. The molecular formula is C18H14FNO2S. The molecule has 0 fully saturated rings. The van der Waals surface area contributed by atoms with Gasteiger partial charge in [0.2, 0.25) is 0 Å². The van der Waals surface area contributed by atoms with Crippen molar-refractivity contribution in [3.8, 4) is 21.8 Å². The summed E-state index contributed by atoms with van der Waals surface area (Å²) in [5.74, 6) is -0.739. The number of nitrogens with zero attached hydrogens (tertiary/aromatic N) is 1. The van der Waals surface area contributed by atoms with Crippen LogP contribution in [0, 0.1) is 5.82 Å². The lowest BCUT2D eigenvalue weighted by atomic mass is 10.1. The van der Waals surface area contributed by atoms with Crippen LogP contribution in [0.25, 0.3) is 21.8 Å². The third-order valence-electron chi connectivity index (χ3n) is 3.23. The second kappa shape index (κ2) is 6.71. The Balaban J connectivity index is 2.10. The number of carbonyl (C=O) groups excluding carboxylic acids is 1. The van der Waals surface area contributed by atoms with Gasteiger partial charge in [-0.25, -0.2) is 14.2 Å². The minimum absolute atomic E-state index is 0.292. The van der Waals surface area contributed by atoms with E-state index in [1.54, 1.807) is 19.1 Å². The van der Waals surface area contributed by atoms with Crippen LogP contribution in [0.2, 0.25) is 0 Å². The van der Waals surface area contributed by atoms with E-state index >= 15 is 0 Å². The zero-order valence-corrected chi connectivity index (χ0v) is 13.3. The van der Waals surface area contributed by atoms with Gasteiger partial charge in [0, 0.05) is 11.1 Å². The normalized spacial score (nSPS) is 10.5. The minimum atomic E-state index is -0.411. The van der Waals surface area contributed by atoms with Gasteiger partial charge in [-0.15, -0.1) is 11.3 Å². The Hall–Kier alpha value is -2.53. The van der Waals surface area contributed by atoms with Crippen LogP contribution in [0.3, 0.4) is 0 Å². The SMILES string of the molecule is CCOC(=O)c1sc(-c2ccccc2)nc1-c1ccc(F)cc1. The van der Waals surface area contributed by atoms with Crippen molar-refractivity contribution >= 4 is 17.3 Å². The fourth-order valence-electron chi connectivity index (χ4n) is 2.16. The number of benzene rings is 2. The molecule has 1 aromatic heterocycles. The number of hydrogen-bond donors (Lipinski definition) is 0. The van der Waals surface area contributed by atoms with E-state index in [0.717, 1.165) is 10.6 Å². The molecule has 0 bridgehead atoms. The number of esters is 1. The zero-order valence-electron chi connectivity index (χ0n) is 12.5.